The van der Waals surface area contributed by atoms with E-state index in [9.17, 15) is 4.79 Å². The van der Waals surface area contributed by atoms with Gasteiger partial charge in [0.2, 0.25) is 11.9 Å². The lowest BCUT2D eigenvalue weighted by Gasteiger charge is -2.38. The van der Waals surface area contributed by atoms with Gasteiger partial charge in [0.25, 0.3) is 0 Å². The number of carbonyl (C=O) groups is 1. The van der Waals surface area contributed by atoms with Crippen molar-refractivity contribution in [2.75, 3.05) is 24.5 Å². The zero-order valence-electron chi connectivity index (χ0n) is 13.0. The number of fused-ring (bicyclic) bond motifs is 2. The summed E-state index contributed by atoms with van der Waals surface area (Å²) in [5.41, 5.74) is 0. The van der Waals surface area contributed by atoms with Gasteiger partial charge in [0.15, 0.2) is 0 Å². The van der Waals surface area contributed by atoms with Crippen LogP contribution in [0.4, 0.5) is 5.95 Å². The molecular formula is C17H21N5O. The molecule has 2 aromatic rings. The SMILES string of the molecule is O=C(CNC1[C@H]2CC[C@H]1CN(c1ncccn1)C2)n1cccc1. The molecule has 120 valence electrons. The van der Waals surface area contributed by atoms with Crippen molar-refractivity contribution in [3.05, 3.63) is 43.0 Å². The summed E-state index contributed by atoms with van der Waals surface area (Å²) in [6.07, 6.45) is 9.61. The molecule has 4 rings (SSSR count). The predicted octanol–water partition coefficient (Wildman–Crippen LogP) is 1.42. The largest absolute Gasteiger partial charge is 0.340 e. The standard InChI is InChI=1S/C17H21N5O/c23-15(21-8-1-2-9-21)10-20-16-13-4-5-14(16)12-22(11-13)17-18-6-3-7-19-17/h1-3,6-9,13-14,16,20H,4-5,10-12H2/t13-,14-/m0/s1. The minimum Gasteiger partial charge on any atom is -0.340 e. The molecule has 1 aliphatic heterocycles. The van der Waals surface area contributed by atoms with E-state index in [1.807, 2.05) is 18.2 Å². The highest BCUT2D eigenvalue weighted by Crippen LogP contribution is 2.37. The van der Waals surface area contributed by atoms with Crippen molar-refractivity contribution in [2.45, 2.75) is 18.9 Å². The summed E-state index contributed by atoms with van der Waals surface area (Å²) in [6, 6.07) is 6.02. The monoisotopic (exact) mass is 311 g/mol. The smallest absolute Gasteiger partial charge is 0.244 e. The Morgan fingerprint density at radius 2 is 1.74 bits per heavy atom. The third-order valence-corrected chi connectivity index (χ3v) is 5.05. The molecule has 1 saturated carbocycles. The normalized spacial score (nSPS) is 26.4. The number of carbonyl (C=O) groups excluding carboxylic acids is 1. The molecule has 0 aromatic carbocycles. The van der Waals surface area contributed by atoms with Gasteiger partial charge in [-0.25, -0.2) is 9.97 Å². The molecule has 2 aliphatic rings. The van der Waals surface area contributed by atoms with Crippen LogP contribution < -0.4 is 10.2 Å². The Balaban J connectivity index is 1.38. The molecule has 2 bridgehead atoms. The van der Waals surface area contributed by atoms with Gasteiger partial charge in [0, 0.05) is 43.9 Å². The van der Waals surface area contributed by atoms with Crippen LogP contribution in [-0.4, -0.2) is 46.1 Å². The molecule has 1 N–H and O–H groups in total. The maximum Gasteiger partial charge on any atom is 0.244 e. The van der Waals surface area contributed by atoms with Gasteiger partial charge in [-0.1, -0.05) is 0 Å². The molecule has 3 heterocycles. The number of nitrogens with one attached hydrogen (secondary N) is 1. The third-order valence-electron chi connectivity index (χ3n) is 5.05. The number of hydrogen-bond donors (Lipinski definition) is 1. The van der Waals surface area contributed by atoms with Gasteiger partial charge in [0.05, 0.1) is 6.54 Å². The first-order chi connectivity index (χ1) is 11.3. The fraction of sp³-hybridized carbons (Fsp3) is 0.471. The first-order valence-corrected chi connectivity index (χ1v) is 8.23. The van der Waals surface area contributed by atoms with E-state index in [4.69, 9.17) is 0 Å². The van der Waals surface area contributed by atoms with Crippen LogP contribution in [0.2, 0.25) is 0 Å². The maximum absolute atomic E-state index is 12.1. The minimum absolute atomic E-state index is 0.100. The summed E-state index contributed by atoms with van der Waals surface area (Å²) in [5, 5.41) is 3.51. The number of rotatable bonds is 4. The number of hydrogen-bond acceptors (Lipinski definition) is 5. The third kappa shape index (κ3) is 2.86. The average molecular weight is 311 g/mol. The van der Waals surface area contributed by atoms with Gasteiger partial charge < -0.3 is 10.2 Å². The van der Waals surface area contributed by atoms with Crippen LogP contribution in [0, 0.1) is 11.8 Å². The van der Waals surface area contributed by atoms with Crippen molar-refractivity contribution >= 4 is 11.9 Å². The molecule has 0 amide bonds. The van der Waals surface area contributed by atoms with Crippen molar-refractivity contribution in [3.63, 3.8) is 0 Å². The molecule has 0 radical (unpaired) electrons. The molecule has 6 heteroatoms. The summed E-state index contributed by atoms with van der Waals surface area (Å²) >= 11 is 0. The van der Waals surface area contributed by atoms with Crippen LogP contribution in [0.3, 0.4) is 0 Å². The van der Waals surface area contributed by atoms with E-state index < -0.39 is 0 Å². The molecule has 1 saturated heterocycles. The van der Waals surface area contributed by atoms with Gasteiger partial charge in [-0.05, 0) is 42.9 Å². The van der Waals surface area contributed by atoms with E-state index in [-0.39, 0.29) is 5.91 Å². The lowest BCUT2D eigenvalue weighted by Crippen LogP contribution is -2.52. The zero-order chi connectivity index (χ0) is 15.6. The van der Waals surface area contributed by atoms with Gasteiger partial charge in [-0.15, -0.1) is 0 Å². The Morgan fingerprint density at radius 1 is 1.09 bits per heavy atom. The van der Waals surface area contributed by atoms with Crippen molar-refractivity contribution in [2.24, 2.45) is 11.8 Å². The van der Waals surface area contributed by atoms with E-state index in [0.717, 1.165) is 19.0 Å². The fourth-order valence-corrected chi connectivity index (χ4v) is 3.97. The number of piperidine rings is 1. The van der Waals surface area contributed by atoms with Crippen molar-refractivity contribution in [1.29, 1.82) is 0 Å². The molecule has 1 aliphatic carbocycles. The molecule has 2 fully saturated rings. The summed E-state index contributed by atoms with van der Waals surface area (Å²) in [4.78, 5) is 23.2. The Bertz CT molecular complexity index is 643. The molecule has 0 spiro atoms. The van der Waals surface area contributed by atoms with E-state index in [2.05, 4.69) is 20.2 Å². The van der Waals surface area contributed by atoms with Crippen LogP contribution in [-0.2, 0) is 0 Å². The van der Waals surface area contributed by atoms with Crippen molar-refractivity contribution in [3.8, 4) is 0 Å². The summed E-state index contributed by atoms with van der Waals surface area (Å²) < 4.78 is 1.64. The Morgan fingerprint density at radius 3 is 2.39 bits per heavy atom. The van der Waals surface area contributed by atoms with Crippen molar-refractivity contribution < 1.29 is 4.79 Å². The highest BCUT2D eigenvalue weighted by molar-refractivity contribution is 5.80. The molecule has 2 atom stereocenters. The second-order valence-electron chi connectivity index (χ2n) is 6.44. The zero-order valence-corrected chi connectivity index (χ0v) is 13.0. The molecule has 23 heavy (non-hydrogen) atoms. The summed E-state index contributed by atoms with van der Waals surface area (Å²) in [5.74, 6) is 2.06. The highest BCUT2D eigenvalue weighted by atomic mass is 16.2. The van der Waals surface area contributed by atoms with Crippen LogP contribution >= 0.6 is 0 Å². The lowest BCUT2D eigenvalue weighted by molar-refractivity contribution is 0.0901. The first kappa shape index (κ1) is 14.4. The second kappa shape index (κ2) is 6.12. The number of aromatic nitrogens is 3. The number of nitrogens with zero attached hydrogens (tertiary/aromatic N) is 4. The molecule has 2 aromatic heterocycles. The topological polar surface area (TPSA) is 63.1 Å². The Hall–Kier alpha value is -2.21. The van der Waals surface area contributed by atoms with Gasteiger partial charge in [0.1, 0.15) is 0 Å². The number of anilines is 1. The van der Waals surface area contributed by atoms with Gasteiger partial charge in [-0.2, -0.15) is 0 Å². The minimum atomic E-state index is 0.100. The quantitative estimate of drug-likeness (QED) is 0.925. The summed E-state index contributed by atoms with van der Waals surface area (Å²) in [7, 11) is 0. The van der Waals surface area contributed by atoms with Crippen molar-refractivity contribution in [1.82, 2.24) is 19.9 Å². The van der Waals surface area contributed by atoms with E-state index >= 15 is 0 Å². The van der Waals surface area contributed by atoms with Crippen LogP contribution in [0.25, 0.3) is 0 Å². The summed E-state index contributed by atoms with van der Waals surface area (Å²) in [6.45, 7) is 2.33. The molecule has 0 unspecified atom stereocenters. The Labute approximate surface area is 135 Å². The highest BCUT2D eigenvalue weighted by Gasteiger charge is 2.42. The fourth-order valence-electron chi connectivity index (χ4n) is 3.97. The van der Waals surface area contributed by atoms with E-state index in [0.29, 0.717) is 24.4 Å². The lowest BCUT2D eigenvalue weighted by atomic mass is 9.92. The van der Waals surface area contributed by atoms with E-state index in [1.165, 1.54) is 12.8 Å². The maximum atomic E-state index is 12.1. The molecular weight excluding hydrogens is 290 g/mol. The molecule has 6 nitrogen and oxygen atoms in total. The second-order valence-corrected chi connectivity index (χ2v) is 6.44. The van der Waals surface area contributed by atoms with E-state index in [1.54, 1.807) is 29.4 Å². The van der Waals surface area contributed by atoms with Gasteiger partial charge >= 0.3 is 0 Å². The van der Waals surface area contributed by atoms with Crippen LogP contribution in [0.1, 0.15) is 17.6 Å². The average Bonchev–Trinajstić information content (AvgIpc) is 3.20. The van der Waals surface area contributed by atoms with Gasteiger partial charge in [-0.3, -0.25) is 9.36 Å². The first-order valence-electron chi connectivity index (χ1n) is 8.23. The predicted molar refractivity (Wildman–Crippen MR) is 87.3 cm³/mol. The van der Waals surface area contributed by atoms with Crippen LogP contribution in [0.15, 0.2) is 43.0 Å². The van der Waals surface area contributed by atoms with Crippen LogP contribution in [0.5, 0.6) is 0 Å². The Kier molecular flexibility index (Phi) is 3.83.